The summed E-state index contributed by atoms with van der Waals surface area (Å²) in [7, 11) is 0. The summed E-state index contributed by atoms with van der Waals surface area (Å²) in [6, 6.07) is 7.67. The van der Waals surface area contributed by atoms with Crippen molar-refractivity contribution in [2.24, 2.45) is 15.9 Å². The maximum Gasteiger partial charge on any atom is 0.194 e. The van der Waals surface area contributed by atoms with Crippen molar-refractivity contribution in [2.45, 2.75) is 41.6 Å². The highest BCUT2D eigenvalue weighted by molar-refractivity contribution is 7.99. The van der Waals surface area contributed by atoms with Gasteiger partial charge in [0.05, 0.1) is 6.61 Å². The first kappa shape index (κ1) is 24.2. The second kappa shape index (κ2) is 10.5. The second-order valence-electron chi connectivity index (χ2n) is 7.18. The van der Waals surface area contributed by atoms with Gasteiger partial charge in [0.2, 0.25) is 0 Å². The number of rotatable bonds is 6. The van der Waals surface area contributed by atoms with E-state index in [9.17, 15) is 28.5 Å². The average molecular weight is 469 g/mol. The molecule has 2 aromatic rings. The molecule has 0 spiro atoms. The molecule has 0 aliphatic carbocycles. The maximum atomic E-state index is 13.6. The molecule has 1 aliphatic rings. The van der Waals surface area contributed by atoms with E-state index in [-0.39, 0.29) is 11.3 Å². The maximum absolute atomic E-state index is 13.6. The molecule has 0 saturated carbocycles. The highest BCUT2D eigenvalue weighted by Crippen LogP contribution is 2.34. The number of aliphatic hydroxyl groups is 3. The first-order valence-corrected chi connectivity index (χ1v) is 10.4. The van der Waals surface area contributed by atoms with Crippen LogP contribution in [0.25, 0.3) is 0 Å². The topological polar surface area (TPSA) is 121 Å². The van der Waals surface area contributed by atoms with Crippen LogP contribution in [0.2, 0.25) is 0 Å². The van der Waals surface area contributed by atoms with Crippen LogP contribution >= 0.6 is 11.8 Å². The molecule has 2 aromatic carbocycles. The van der Waals surface area contributed by atoms with Crippen LogP contribution in [0.15, 0.2) is 51.4 Å². The standard InChI is InChI=1S/C21H22F3N3O4S/c1-10-3-2-4-12(5-10)32-21-20(30)18(19(29)16(9-28)31-21)26-8-15(27-25)11-6-13(22)17(24)14(23)7-11/h2-8,16,18-21,28-30H,9,25H2,1H3/t16?,18?,19-,20?,21+/m0/s1. The van der Waals surface area contributed by atoms with Crippen LogP contribution in [0.1, 0.15) is 11.1 Å². The fourth-order valence-electron chi connectivity index (χ4n) is 3.21. The van der Waals surface area contributed by atoms with Gasteiger partial charge in [0.25, 0.3) is 0 Å². The molecule has 1 heterocycles. The number of hydrazone groups is 1. The van der Waals surface area contributed by atoms with E-state index < -0.39 is 53.8 Å². The van der Waals surface area contributed by atoms with Gasteiger partial charge in [-0.3, -0.25) is 4.99 Å². The number of aliphatic imine (C=N–C) groups is 1. The van der Waals surface area contributed by atoms with E-state index in [1.807, 2.05) is 31.2 Å². The lowest BCUT2D eigenvalue weighted by Crippen LogP contribution is -2.56. The van der Waals surface area contributed by atoms with Gasteiger partial charge in [0.1, 0.15) is 35.5 Å². The van der Waals surface area contributed by atoms with Crippen molar-refractivity contribution in [3.63, 3.8) is 0 Å². The Hall–Kier alpha value is -2.44. The van der Waals surface area contributed by atoms with Gasteiger partial charge in [0.15, 0.2) is 17.5 Å². The number of ether oxygens (including phenoxy) is 1. The lowest BCUT2D eigenvalue weighted by Gasteiger charge is -2.40. The summed E-state index contributed by atoms with van der Waals surface area (Å²) in [5.74, 6) is 0.780. The van der Waals surface area contributed by atoms with Gasteiger partial charge in [0, 0.05) is 16.7 Å². The SMILES string of the molecule is Cc1cccc(S[C@H]2OC(CO)[C@H](O)C(N=CC(=NN)c3cc(F)c(F)c(F)c3)C2O)c1. The summed E-state index contributed by atoms with van der Waals surface area (Å²) >= 11 is 1.19. The third-order valence-electron chi connectivity index (χ3n) is 4.88. The quantitative estimate of drug-likeness (QED) is 0.221. The van der Waals surface area contributed by atoms with Crippen LogP contribution in [0.3, 0.4) is 0 Å². The molecule has 3 rings (SSSR count). The van der Waals surface area contributed by atoms with Crippen molar-refractivity contribution in [3.05, 3.63) is 65.0 Å². The molecule has 11 heteroatoms. The number of nitrogens with two attached hydrogens (primary N) is 1. The lowest BCUT2D eigenvalue weighted by atomic mass is 9.98. The van der Waals surface area contributed by atoms with Crippen LogP contribution < -0.4 is 5.84 Å². The number of halogens is 3. The fraction of sp³-hybridized carbons (Fsp3) is 0.333. The number of hydrogen-bond donors (Lipinski definition) is 4. The van der Waals surface area contributed by atoms with E-state index in [1.165, 1.54) is 11.8 Å². The van der Waals surface area contributed by atoms with Crippen molar-refractivity contribution >= 4 is 23.7 Å². The van der Waals surface area contributed by atoms with Gasteiger partial charge in [-0.05, 0) is 31.2 Å². The first-order valence-electron chi connectivity index (χ1n) is 9.57. The van der Waals surface area contributed by atoms with Crippen LogP contribution in [-0.4, -0.2) is 63.6 Å². The van der Waals surface area contributed by atoms with E-state index >= 15 is 0 Å². The number of thioether (sulfide) groups is 1. The molecular formula is C21H22F3N3O4S. The zero-order valence-electron chi connectivity index (χ0n) is 16.9. The molecule has 1 saturated heterocycles. The molecule has 5 atom stereocenters. The Morgan fingerprint density at radius 2 is 1.84 bits per heavy atom. The smallest absolute Gasteiger partial charge is 0.194 e. The summed E-state index contributed by atoms with van der Waals surface area (Å²) in [6.45, 7) is 1.38. The largest absolute Gasteiger partial charge is 0.394 e. The summed E-state index contributed by atoms with van der Waals surface area (Å²) in [5, 5.41) is 34.3. The van der Waals surface area contributed by atoms with Gasteiger partial charge in [-0.25, -0.2) is 13.2 Å². The van der Waals surface area contributed by atoms with Crippen LogP contribution in [-0.2, 0) is 4.74 Å². The van der Waals surface area contributed by atoms with E-state index in [1.54, 1.807) is 0 Å². The molecule has 7 nitrogen and oxygen atoms in total. The van der Waals surface area contributed by atoms with E-state index in [0.29, 0.717) is 12.1 Å². The zero-order valence-corrected chi connectivity index (χ0v) is 17.7. The first-order chi connectivity index (χ1) is 15.2. The Morgan fingerprint density at radius 3 is 2.44 bits per heavy atom. The Bertz CT molecular complexity index is 1000. The number of nitrogens with zero attached hydrogens (tertiary/aromatic N) is 2. The molecular weight excluding hydrogens is 447 g/mol. The van der Waals surface area contributed by atoms with Crippen molar-refractivity contribution < 1.29 is 33.2 Å². The molecule has 3 unspecified atom stereocenters. The molecule has 1 fully saturated rings. The number of hydrogen-bond acceptors (Lipinski definition) is 8. The highest BCUT2D eigenvalue weighted by atomic mass is 32.2. The lowest BCUT2D eigenvalue weighted by molar-refractivity contribution is -0.159. The summed E-state index contributed by atoms with van der Waals surface area (Å²) < 4.78 is 46.0. The predicted octanol–water partition coefficient (Wildman–Crippen LogP) is 1.75. The number of benzene rings is 2. The fourth-order valence-corrected chi connectivity index (χ4v) is 4.38. The van der Waals surface area contributed by atoms with Gasteiger partial charge >= 0.3 is 0 Å². The van der Waals surface area contributed by atoms with Gasteiger partial charge < -0.3 is 25.9 Å². The number of aliphatic hydroxyl groups excluding tert-OH is 3. The van der Waals surface area contributed by atoms with Crippen LogP contribution in [0, 0.1) is 24.4 Å². The van der Waals surface area contributed by atoms with Crippen LogP contribution in [0.4, 0.5) is 13.2 Å². The summed E-state index contributed by atoms with van der Waals surface area (Å²) in [5.41, 5.74) is -0.278. The second-order valence-corrected chi connectivity index (χ2v) is 8.35. The van der Waals surface area contributed by atoms with Crippen molar-refractivity contribution in [2.75, 3.05) is 6.61 Å². The van der Waals surface area contributed by atoms with E-state index in [4.69, 9.17) is 10.6 Å². The Kier molecular flexibility index (Phi) is 7.91. The molecule has 0 amide bonds. The normalized spacial score (nSPS) is 26.6. The molecule has 0 bridgehead atoms. The van der Waals surface area contributed by atoms with Crippen molar-refractivity contribution in [1.82, 2.24) is 0 Å². The van der Waals surface area contributed by atoms with Gasteiger partial charge in [-0.1, -0.05) is 29.5 Å². The summed E-state index contributed by atoms with van der Waals surface area (Å²) in [6.07, 6.45) is -2.73. The van der Waals surface area contributed by atoms with Gasteiger partial charge in [-0.15, -0.1) is 0 Å². The molecule has 5 N–H and O–H groups in total. The monoisotopic (exact) mass is 469 g/mol. The Balaban J connectivity index is 1.85. The van der Waals surface area contributed by atoms with Gasteiger partial charge in [-0.2, -0.15) is 5.10 Å². The Morgan fingerprint density at radius 1 is 1.16 bits per heavy atom. The van der Waals surface area contributed by atoms with Crippen LogP contribution in [0.5, 0.6) is 0 Å². The molecule has 0 aromatic heterocycles. The van der Waals surface area contributed by atoms with E-state index in [0.717, 1.165) is 16.7 Å². The molecule has 0 radical (unpaired) electrons. The zero-order chi connectivity index (χ0) is 23.4. The summed E-state index contributed by atoms with van der Waals surface area (Å²) in [4.78, 5) is 4.90. The third-order valence-corrected chi connectivity index (χ3v) is 6.03. The van der Waals surface area contributed by atoms with Crippen molar-refractivity contribution in [3.8, 4) is 0 Å². The highest BCUT2D eigenvalue weighted by Gasteiger charge is 2.44. The predicted molar refractivity (Wildman–Crippen MR) is 114 cm³/mol. The molecule has 32 heavy (non-hydrogen) atoms. The average Bonchev–Trinajstić information content (AvgIpc) is 2.76. The van der Waals surface area contributed by atoms with E-state index in [2.05, 4.69) is 10.1 Å². The minimum atomic E-state index is -1.64. The molecule has 172 valence electrons. The van der Waals surface area contributed by atoms with Crippen molar-refractivity contribution in [1.29, 1.82) is 0 Å². The third kappa shape index (κ3) is 5.30. The number of aryl methyl sites for hydroxylation is 1. The Labute approximate surface area is 186 Å². The molecule has 1 aliphatic heterocycles. The minimum Gasteiger partial charge on any atom is -0.394 e. The minimum absolute atomic E-state index is 0.187.